The number of hydrogen-bond donors (Lipinski definition) is 0. The summed E-state index contributed by atoms with van der Waals surface area (Å²) in [5, 5.41) is -0.187. The zero-order valence-electron chi connectivity index (χ0n) is 14.3. The summed E-state index contributed by atoms with van der Waals surface area (Å²) in [6.07, 6.45) is 1.05. The molecule has 0 spiro atoms. The highest BCUT2D eigenvalue weighted by Gasteiger charge is 2.24. The molecule has 140 valence electrons. The molecule has 0 saturated carbocycles. The van der Waals surface area contributed by atoms with Gasteiger partial charge < -0.3 is 9.15 Å². The second-order valence-corrected chi connectivity index (χ2v) is 8.15. The Kier molecular flexibility index (Phi) is 5.08. The van der Waals surface area contributed by atoms with Crippen LogP contribution >= 0.6 is 11.6 Å². The number of benzene rings is 2. The van der Waals surface area contributed by atoms with Crippen LogP contribution in [0.5, 0.6) is 11.5 Å². The van der Waals surface area contributed by atoms with E-state index in [1.807, 2.05) is 0 Å². The monoisotopic (exact) mass is 408 g/mol. The topological polar surface area (TPSA) is 73.6 Å². The summed E-state index contributed by atoms with van der Waals surface area (Å²) in [6, 6.07) is 11.0. The first-order valence-corrected chi connectivity index (χ1v) is 10.0. The number of ether oxygens (including phenoxy) is 1. The normalized spacial score (nSPS) is 11.4. The molecule has 1 heterocycles. The number of sulfone groups is 1. The molecule has 0 aliphatic carbocycles. The molecule has 0 bridgehead atoms. The van der Waals surface area contributed by atoms with Crippen molar-refractivity contribution in [2.24, 2.45) is 0 Å². The van der Waals surface area contributed by atoms with Gasteiger partial charge in [0.1, 0.15) is 22.3 Å². The van der Waals surface area contributed by atoms with E-state index in [1.165, 1.54) is 31.2 Å². The Morgan fingerprint density at radius 3 is 2.33 bits per heavy atom. The van der Waals surface area contributed by atoms with Crippen LogP contribution in [0.3, 0.4) is 0 Å². The summed E-state index contributed by atoms with van der Waals surface area (Å²) < 4.78 is 48.7. The van der Waals surface area contributed by atoms with Crippen molar-refractivity contribution in [2.45, 2.75) is 11.8 Å². The maximum Gasteiger partial charge on any atom is 0.246 e. The molecule has 0 aliphatic heterocycles. The molecule has 27 heavy (non-hydrogen) atoms. The smallest absolute Gasteiger partial charge is 0.246 e. The van der Waals surface area contributed by atoms with E-state index >= 15 is 0 Å². The van der Waals surface area contributed by atoms with Gasteiger partial charge in [0.15, 0.2) is 15.6 Å². The average molecular weight is 409 g/mol. The van der Waals surface area contributed by atoms with Gasteiger partial charge in [0.2, 0.25) is 11.2 Å². The van der Waals surface area contributed by atoms with Gasteiger partial charge in [0, 0.05) is 11.8 Å². The third-order valence-corrected chi connectivity index (χ3v) is 5.33. The van der Waals surface area contributed by atoms with E-state index in [-0.39, 0.29) is 38.5 Å². The summed E-state index contributed by atoms with van der Waals surface area (Å²) in [7, 11) is -3.61. The van der Waals surface area contributed by atoms with Gasteiger partial charge in [-0.15, -0.1) is 0 Å². The SMILES string of the molecule is Cc1oc(-c2ccccc2S(C)(=O)=O)c(Oc2ccc(F)cc2)c(=O)c1Cl. The lowest BCUT2D eigenvalue weighted by molar-refractivity contribution is 0.437. The molecule has 3 aromatic rings. The zero-order chi connectivity index (χ0) is 19.8. The van der Waals surface area contributed by atoms with E-state index in [1.54, 1.807) is 12.1 Å². The predicted molar refractivity (Wildman–Crippen MR) is 99.7 cm³/mol. The van der Waals surface area contributed by atoms with Gasteiger partial charge in [0.05, 0.1) is 4.90 Å². The molecule has 2 aromatic carbocycles. The van der Waals surface area contributed by atoms with Crippen LogP contribution in [0.1, 0.15) is 5.76 Å². The van der Waals surface area contributed by atoms with Crippen LogP contribution < -0.4 is 10.2 Å². The molecule has 0 atom stereocenters. The molecule has 8 heteroatoms. The maximum absolute atomic E-state index is 13.1. The highest BCUT2D eigenvalue weighted by Crippen LogP contribution is 2.36. The molecule has 5 nitrogen and oxygen atoms in total. The van der Waals surface area contributed by atoms with Crippen molar-refractivity contribution in [2.75, 3.05) is 6.26 Å². The van der Waals surface area contributed by atoms with Crippen LogP contribution in [-0.4, -0.2) is 14.7 Å². The largest absolute Gasteiger partial charge is 0.456 e. The van der Waals surface area contributed by atoms with Crippen LogP contribution in [0.2, 0.25) is 5.02 Å². The molecule has 1 aromatic heterocycles. The minimum absolute atomic E-state index is 0.0289. The van der Waals surface area contributed by atoms with Crippen molar-refractivity contribution >= 4 is 21.4 Å². The highest BCUT2D eigenvalue weighted by molar-refractivity contribution is 7.90. The Morgan fingerprint density at radius 1 is 1.07 bits per heavy atom. The van der Waals surface area contributed by atoms with Gasteiger partial charge in [-0.2, -0.15) is 0 Å². The Balaban J connectivity index is 2.28. The third-order valence-electron chi connectivity index (χ3n) is 3.74. The Labute approximate surface area is 159 Å². The lowest BCUT2D eigenvalue weighted by Gasteiger charge is -2.13. The minimum Gasteiger partial charge on any atom is -0.456 e. The molecule has 0 radical (unpaired) electrons. The van der Waals surface area contributed by atoms with E-state index in [2.05, 4.69) is 0 Å². The van der Waals surface area contributed by atoms with Crippen molar-refractivity contribution in [1.29, 1.82) is 0 Å². The molecule has 0 N–H and O–H groups in total. The first kappa shape index (κ1) is 19.1. The van der Waals surface area contributed by atoms with E-state index in [0.717, 1.165) is 18.4 Å². The molecule has 0 fully saturated rings. The van der Waals surface area contributed by atoms with Crippen molar-refractivity contribution in [1.82, 2.24) is 0 Å². The van der Waals surface area contributed by atoms with E-state index in [9.17, 15) is 17.6 Å². The number of halogens is 2. The van der Waals surface area contributed by atoms with Gasteiger partial charge >= 0.3 is 0 Å². The number of aryl methyl sites for hydroxylation is 1. The second-order valence-electron chi connectivity index (χ2n) is 5.78. The first-order valence-electron chi connectivity index (χ1n) is 7.74. The number of rotatable bonds is 4. The Morgan fingerprint density at radius 2 is 1.70 bits per heavy atom. The second kappa shape index (κ2) is 7.17. The predicted octanol–water partition coefficient (Wildman–Crippen LogP) is 4.60. The van der Waals surface area contributed by atoms with E-state index in [0.29, 0.717) is 0 Å². The molecule has 0 aliphatic rings. The quantitative estimate of drug-likeness (QED) is 0.630. The lowest BCUT2D eigenvalue weighted by Crippen LogP contribution is -2.10. The molecule has 0 amide bonds. The summed E-state index contributed by atoms with van der Waals surface area (Å²) in [6.45, 7) is 1.48. The van der Waals surface area contributed by atoms with Crippen LogP contribution in [0, 0.1) is 12.7 Å². The van der Waals surface area contributed by atoms with Crippen molar-refractivity contribution in [3.05, 3.63) is 75.4 Å². The molecule has 0 unspecified atom stereocenters. The maximum atomic E-state index is 13.1. The zero-order valence-corrected chi connectivity index (χ0v) is 15.9. The molecular weight excluding hydrogens is 395 g/mol. The van der Waals surface area contributed by atoms with Crippen LogP contribution in [0.25, 0.3) is 11.3 Å². The van der Waals surface area contributed by atoms with Crippen LogP contribution in [-0.2, 0) is 9.84 Å². The summed E-state index contributed by atoms with van der Waals surface area (Å²) in [5.41, 5.74) is -0.503. The summed E-state index contributed by atoms with van der Waals surface area (Å²) >= 11 is 6.00. The Bertz CT molecular complexity index is 1170. The lowest BCUT2D eigenvalue weighted by atomic mass is 10.1. The third kappa shape index (κ3) is 3.89. The summed E-state index contributed by atoms with van der Waals surface area (Å²) in [5.74, 6) is -0.548. The van der Waals surface area contributed by atoms with Crippen molar-refractivity contribution in [3.8, 4) is 22.8 Å². The average Bonchev–Trinajstić information content (AvgIpc) is 2.63. The van der Waals surface area contributed by atoms with Gasteiger partial charge in [-0.3, -0.25) is 4.79 Å². The standard InChI is InChI=1S/C19H14ClFO5S/c1-11-16(20)17(22)19(26-13-9-7-12(21)8-10-13)18(25-11)14-5-3-4-6-15(14)27(2,23)24/h3-10H,1-2H3. The Hall–Kier alpha value is -2.64. The van der Waals surface area contributed by atoms with Crippen molar-refractivity contribution < 1.29 is 22.0 Å². The molecule has 0 saturated heterocycles. The fourth-order valence-corrected chi connectivity index (χ4v) is 3.49. The number of hydrogen-bond acceptors (Lipinski definition) is 5. The van der Waals surface area contributed by atoms with E-state index in [4.69, 9.17) is 20.8 Å². The van der Waals surface area contributed by atoms with Crippen LogP contribution in [0.15, 0.2) is 62.6 Å². The van der Waals surface area contributed by atoms with Gasteiger partial charge in [0.25, 0.3) is 0 Å². The molecular formula is C19H14ClFO5S. The highest BCUT2D eigenvalue weighted by atomic mass is 35.5. The summed E-state index contributed by atoms with van der Waals surface area (Å²) in [4.78, 5) is 12.6. The fraction of sp³-hybridized carbons (Fsp3) is 0.105. The minimum atomic E-state index is -3.61. The van der Waals surface area contributed by atoms with Crippen LogP contribution in [0.4, 0.5) is 4.39 Å². The van der Waals surface area contributed by atoms with Gasteiger partial charge in [-0.05, 0) is 43.3 Å². The van der Waals surface area contributed by atoms with Gasteiger partial charge in [-0.1, -0.05) is 23.7 Å². The van der Waals surface area contributed by atoms with E-state index < -0.39 is 21.1 Å². The van der Waals surface area contributed by atoms with Crippen molar-refractivity contribution in [3.63, 3.8) is 0 Å². The first-order chi connectivity index (χ1) is 12.7. The molecule has 3 rings (SSSR count). The fourth-order valence-electron chi connectivity index (χ4n) is 2.47. The van der Waals surface area contributed by atoms with Gasteiger partial charge in [-0.25, -0.2) is 12.8 Å².